The molecule has 1 aromatic carbocycles. The number of aromatic hydroxyl groups is 1. The molecule has 72 valence electrons. The number of Topliss-reactive ketones (excluding diaryl/α,β-unsaturated/α-hetero) is 1. The standard InChI is InChI=1S/C9H10O2.C2H6/c1-6-4-3-5-8(7(2)10)9(6)11;1-2/h3-5,11H,1-2H3;1-2H3. The van der Waals surface area contributed by atoms with Crippen LogP contribution in [-0.2, 0) is 0 Å². The molecule has 0 fully saturated rings. The van der Waals surface area contributed by atoms with Gasteiger partial charge in [0.15, 0.2) is 5.78 Å². The van der Waals surface area contributed by atoms with Gasteiger partial charge in [-0.2, -0.15) is 0 Å². The van der Waals surface area contributed by atoms with Gasteiger partial charge in [0.05, 0.1) is 5.56 Å². The highest BCUT2D eigenvalue weighted by Gasteiger charge is 2.06. The third kappa shape index (κ3) is 2.90. The molecule has 1 rings (SSSR count). The average molecular weight is 180 g/mol. The molecule has 2 nitrogen and oxygen atoms in total. The molecular formula is C11H16O2. The summed E-state index contributed by atoms with van der Waals surface area (Å²) in [6, 6.07) is 5.14. The lowest BCUT2D eigenvalue weighted by Gasteiger charge is -2.01. The van der Waals surface area contributed by atoms with Crippen molar-refractivity contribution in [2.24, 2.45) is 0 Å². The van der Waals surface area contributed by atoms with E-state index in [0.717, 1.165) is 5.56 Å². The van der Waals surface area contributed by atoms with E-state index in [1.165, 1.54) is 6.92 Å². The Kier molecular flexibility index (Phi) is 4.82. The number of rotatable bonds is 1. The van der Waals surface area contributed by atoms with Gasteiger partial charge in [-0.1, -0.05) is 26.0 Å². The lowest BCUT2D eigenvalue weighted by atomic mass is 10.1. The van der Waals surface area contributed by atoms with Gasteiger partial charge in [0.25, 0.3) is 0 Å². The molecule has 2 heteroatoms. The zero-order valence-electron chi connectivity index (χ0n) is 8.59. The quantitative estimate of drug-likeness (QED) is 0.675. The van der Waals surface area contributed by atoms with Crippen LogP contribution in [0, 0.1) is 6.92 Å². The Balaban J connectivity index is 0.000000671. The number of carbonyl (C=O) groups excluding carboxylic acids is 1. The van der Waals surface area contributed by atoms with E-state index in [4.69, 9.17) is 0 Å². The van der Waals surface area contributed by atoms with Crippen LogP contribution in [0.25, 0.3) is 0 Å². The second-order valence-corrected chi connectivity index (χ2v) is 2.53. The molecule has 0 unspecified atom stereocenters. The zero-order chi connectivity index (χ0) is 10.4. The smallest absolute Gasteiger partial charge is 0.163 e. The molecule has 0 saturated carbocycles. The van der Waals surface area contributed by atoms with Crippen LogP contribution in [-0.4, -0.2) is 10.9 Å². The van der Waals surface area contributed by atoms with Crippen LogP contribution in [0.5, 0.6) is 5.75 Å². The largest absolute Gasteiger partial charge is 0.507 e. The van der Waals surface area contributed by atoms with E-state index in [9.17, 15) is 9.90 Å². The third-order valence-corrected chi connectivity index (χ3v) is 1.62. The molecule has 0 aliphatic carbocycles. The zero-order valence-corrected chi connectivity index (χ0v) is 8.59. The van der Waals surface area contributed by atoms with Crippen LogP contribution in [0.2, 0.25) is 0 Å². The molecule has 0 amide bonds. The Morgan fingerprint density at radius 3 is 2.23 bits per heavy atom. The van der Waals surface area contributed by atoms with Gasteiger partial charge in [-0.3, -0.25) is 4.79 Å². The summed E-state index contributed by atoms with van der Waals surface area (Å²) < 4.78 is 0. The maximum absolute atomic E-state index is 10.9. The second-order valence-electron chi connectivity index (χ2n) is 2.53. The predicted octanol–water partition coefficient (Wildman–Crippen LogP) is 2.93. The van der Waals surface area contributed by atoms with Gasteiger partial charge in [0.2, 0.25) is 0 Å². The summed E-state index contributed by atoms with van der Waals surface area (Å²) >= 11 is 0. The summed E-state index contributed by atoms with van der Waals surface area (Å²) in [5, 5.41) is 9.35. The summed E-state index contributed by atoms with van der Waals surface area (Å²) in [7, 11) is 0. The minimum absolute atomic E-state index is 0.0972. The molecule has 0 saturated heterocycles. The van der Waals surface area contributed by atoms with Crippen molar-refractivity contribution in [1.29, 1.82) is 0 Å². The number of phenols is 1. The molecule has 1 N–H and O–H groups in total. The Hall–Kier alpha value is -1.31. The SMILES string of the molecule is CC.CC(=O)c1cccc(C)c1O. The minimum Gasteiger partial charge on any atom is -0.507 e. The molecule has 0 radical (unpaired) electrons. The van der Waals surface area contributed by atoms with Crippen LogP contribution in [0.15, 0.2) is 18.2 Å². The number of phenolic OH excluding ortho intramolecular Hbond substituents is 1. The lowest BCUT2D eigenvalue weighted by molar-refractivity contribution is 0.101. The van der Waals surface area contributed by atoms with Crippen molar-refractivity contribution in [3.05, 3.63) is 29.3 Å². The lowest BCUT2D eigenvalue weighted by Crippen LogP contribution is -1.93. The van der Waals surface area contributed by atoms with Crippen molar-refractivity contribution in [2.45, 2.75) is 27.7 Å². The summed E-state index contributed by atoms with van der Waals surface area (Å²) in [6.45, 7) is 7.20. The Bertz CT molecular complexity index is 290. The fourth-order valence-corrected chi connectivity index (χ4v) is 0.943. The van der Waals surface area contributed by atoms with Crippen molar-refractivity contribution in [1.82, 2.24) is 0 Å². The number of hydrogen-bond acceptors (Lipinski definition) is 2. The highest BCUT2D eigenvalue weighted by atomic mass is 16.3. The topological polar surface area (TPSA) is 37.3 Å². The van der Waals surface area contributed by atoms with Gasteiger partial charge >= 0.3 is 0 Å². The first-order chi connectivity index (χ1) is 6.13. The molecule has 0 bridgehead atoms. The van der Waals surface area contributed by atoms with Gasteiger partial charge in [-0.15, -0.1) is 0 Å². The van der Waals surface area contributed by atoms with E-state index in [1.54, 1.807) is 25.1 Å². The molecule has 0 atom stereocenters. The van der Waals surface area contributed by atoms with E-state index < -0.39 is 0 Å². The van der Waals surface area contributed by atoms with Crippen molar-refractivity contribution in [2.75, 3.05) is 0 Å². The van der Waals surface area contributed by atoms with Crippen LogP contribution in [0.3, 0.4) is 0 Å². The minimum atomic E-state index is -0.105. The van der Waals surface area contributed by atoms with Gasteiger partial charge in [0.1, 0.15) is 5.75 Å². The molecule has 13 heavy (non-hydrogen) atoms. The fraction of sp³-hybridized carbons (Fsp3) is 0.364. The number of aryl methyl sites for hydroxylation is 1. The van der Waals surface area contributed by atoms with Gasteiger partial charge in [0, 0.05) is 0 Å². The second kappa shape index (κ2) is 5.36. The first-order valence-electron chi connectivity index (χ1n) is 4.42. The molecule has 1 aromatic rings. The van der Waals surface area contributed by atoms with E-state index in [2.05, 4.69) is 0 Å². The summed E-state index contributed by atoms with van der Waals surface area (Å²) in [4.78, 5) is 10.9. The summed E-state index contributed by atoms with van der Waals surface area (Å²) in [6.07, 6.45) is 0. The monoisotopic (exact) mass is 180 g/mol. The van der Waals surface area contributed by atoms with E-state index in [1.807, 2.05) is 13.8 Å². The Labute approximate surface area is 79.2 Å². The van der Waals surface area contributed by atoms with Crippen molar-refractivity contribution in [3.63, 3.8) is 0 Å². The van der Waals surface area contributed by atoms with Crippen LogP contribution >= 0.6 is 0 Å². The normalized spacial score (nSPS) is 8.62. The molecule has 0 aromatic heterocycles. The van der Waals surface area contributed by atoms with Gasteiger partial charge in [-0.25, -0.2) is 0 Å². The Morgan fingerprint density at radius 1 is 1.31 bits per heavy atom. The molecule has 0 aliphatic rings. The Morgan fingerprint density at radius 2 is 1.85 bits per heavy atom. The maximum Gasteiger partial charge on any atom is 0.163 e. The number of benzene rings is 1. The van der Waals surface area contributed by atoms with Gasteiger partial charge in [-0.05, 0) is 25.5 Å². The summed E-state index contributed by atoms with van der Waals surface area (Å²) in [5.41, 5.74) is 1.13. The number of carbonyl (C=O) groups is 1. The first kappa shape index (κ1) is 11.7. The average Bonchev–Trinajstić information content (AvgIpc) is 2.13. The highest BCUT2D eigenvalue weighted by Crippen LogP contribution is 2.21. The maximum atomic E-state index is 10.9. The summed E-state index contributed by atoms with van der Waals surface area (Å²) in [5.74, 6) is -0.00815. The van der Waals surface area contributed by atoms with Crippen molar-refractivity contribution >= 4 is 5.78 Å². The van der Waals surface area contributed by atoms with E-state index in [0.29, 0.717) is 5.56 Å². The van der Waals surface area contributed by atoms with Crippen LogP contribution in [0.1, 0.15) is 36.7 Å². The molecule has 0 spiro atoms. The predicted molar refractivity (Wildman–Crippen MR) is 54.2 cm³/mol. The highest BCUT2D eigenvalue weighted by molar-refractivity contribution is 5.97. The number of para-hydroxylation sites is 1. The first-order valence-corrected chi connectivity index (χ1v) is 4.42. The van der Waals surface area contributed by atoms with E-state index in [-0.39, 0.29) is 11.5 Å². The van der Waals surface area contributed by atoms with E-state index >= 15 is 0 Å². The molecular weight excluding hydrogens is 164 g/mol. The number of hydrogen-bond donors (Lipinski definition) is 1. The molecule has 0 aliphatic heterocycles. The molecule has 0 heterocycles. The van der Waals surface area contributed by atoms with Crippen molar-refractivity contribution < 1.29 is 9.90 Å². The van der Waals surface area contributed by atoms with Crippen LogP contribution in [0.4, 0.5) is 0 Å². The van der Waals surface area contributed by atoms with Gasteiger partial charge < -0.3 is 5.11 Å². The van der Waals surface area contributed by atoms with Crippen molar-refractivity contribution in [3.8, 4) is 5.75 Å². The number of ketones is 1. The van der Waals surface area contributed by atoms with Crippen LogP contribution < -0.4 is 0 Å². The fourth-order valence-electron chi connectivity index (χ4n) is 0.943. The third-order valence-electron chi connectivity index (χ3n) is 1.62.